The van der Waals surface area contributed by atoms with Gasteiger partial charge in [0.2, 0.25) is 15.9 Å². The lowest BCUT2D eigenvalue weighted by Gasteiger charge is -2.41. The van der Waals surface area contributed by atoms with Crippen LogP contribution >= 0.6 is 0 Å². The van der Waals surface area contributed by atoms with Gasteiger partial charge in [0.25, 0.3) is 0 Å². The number of sulfonamides is 1. The molecule has 0 radical (unpaired) electrons. The molecule has 196 valence electrons. The molecule has 1 aromatic rings. The van der Waals surface area contributed by atoms with Gasteiger partial charge in [0, 0.05) is 55.6 Å². The number of hydrogen-bond donors (Lipinski definition) is 2. The van der Waals surface area contributed by atoms with Crippen molar-refractivity contribution in [3.05, 3.63) is 24.3 Å². The van der Waals surface area contributed by atoms with Crippen LogP contribution in [0.15, 0.2) is 24.3 Å². The number of anilines is 2. The van der Waals surface area contributed by atoms with Crippen molar-refractivity contribution in [2.24, 2.45) is 5.92 Å². The first-order chi connectivity index (χ1) is 16.6. The van der Waals surface area contributed by atoms with Crippen LogP contribution in [0, 0.1) is 5.92 Å². The lowest BCUT2D eigenvalue weighted by molar-refractivity contribution is -0.120. The van der Waals surface area contributed by atoms with E-state index in [2.05, 4.69) is 32.0 Å². The van der Waals surface area contributed by atoms with E-state index in [1.54, 1.807) is 20.8 Å². The van der Waals surface area contributed by atoms with E-state index in [1.807, 2.05) is 12.1 Å². The average Bonchev–Trinajstić information content (AvgIpc) is 2.85. The van der Waals surface area contributed by atoms with E-state index in [4.69, 9.17) is 0 Å². The van der Waals surface area contributed by atoms with Crippen LogP contribution in [0.25, 0.3) is 0 Å². The zero-order valence-corrected chi connectivity index (χ0v) is 22.6. The Labute approximate surface area is 212 Å². The van der Waals surface area contributed by atoms with Gasteiger partial charge in [-0.1, -0.05) is 19.3 Å². The molecule has 1 aromatic carbocycles. The van der Waals surface area contributed by atoms with E-state index in [-0.39, 0.29) is 17.9 Å². The number of piperazine rings is 1. The number of hydrogen-bond acceptors (Lipinski definition) is 5. The smallest absolute Gasteiger partial charge is 0.227 e. The molecular weight excluding hydrogens is 460 g/mol. The predicted molar refractivity (Wildman–Crippen MR) is 143 cm³/mol. The molecule has 2 saturated carbocycles. The maximum Gasteiger partial charge on any atom is 0.227 e. The normalized spacial score (nSPS) is 25.4. The standard InChI is InChI=1S/C27H44N4O3S/c1-27(2,3)35(33,34)29-23-11-9-21(10-12-23)26(32)28-22-13-15-25(16-14-22)31-19-17-30(18-20-31)24-7-5-4-6-8-24/h13-16,21,23-24,29H,4-12,17-20H2,1-3H3,(H,28,32)/t21-,23-. The number of benzene rings is 1. The third-order valence-electron chi connectivity index (χ3n) is 8.13. The molecule has 0 unspecified atom stereocenters. The maximum atomic E-state index is 12.8. The van der Waals surface area contributed by atoms with E-state index in [0.717, 1.165) is 37.9 Å². The highest BCUT2D eigenvalue weighted by Crippen LogP contribution is 2.29. The van der Waals surface area contributed by atoms with Gasteiger partial charge < -0.3 is 10.2 Å². The van der Waals surface area contributed by atoms with Gasteiger partial charge in [-0.2, -0.15) is 0 Å². The van der Waals surface area contributed by atoms with Gasteiger partial charge in [-0.05, 0) is 83.6 Å². The Bertz CT molecular complexity index is 936. The summed E-state index contributed by atoms with van der Waals surface area (Å²) in [5.41, 5.74) is 2.05. The van der Waals surface area contributed by atoms with Gasteiger partial charge >= 0.3 is 0 Å². The second-order valence-electron chi connectivity index (χ2n) is 11.6. The van der Waals surface area contributed by atoms with Crippen LogP contribution < -0.4 is 14.9 Å². The van der Waals surface area contributed by atoms with E-state index < -0.39 is 14.8 Å². The van der Waals surface area contributed by atoms with Crippen molar-refractivity contribution < 1.29 is 13.2 Å². The highest BCUT2D eigenvalue weighted by Gasteiger charge is 2.34. The Morgan fingerprint density at radius 1 is 0.857 bits per heavy atom. The number of amides is 1. The zero-order valence-electron chi connectivity index (χ0n) is 21.8. The number of carbonyl (C=O) groups excluding carboxylic acids is 1. The second kappa shape index (κ2) is 11.2. The SMILES string of the molecule is CC(C)(C)S(=O)(=O)N[C@H]1CC[C@H](C(=O)Nc2ccc(N3CCN(C4CCCCC4)CC3)cc2)CC1. The molecule has 1 aliphatic heterocycles. The maximum absolute atomic E-state index is 12.8. The molecule has 0 bridgehead atoms. The topological polar surface area (TPSA) is 81.7 Å². The molecule has 4 rings (SSSR count). The molecule has 8 heteroatoms. The van der Waals surface area contributed by atoms with Crippen molar-refractivity contribution in [1.82, 2.24) is 9.62 Å². The quantitative estimate of drug-likeness (QED) is 0.602. The van der Waals surface area contributed by atoms with Crippen molar-refractivity contribution >= 4 is 27.3 Å². The van der Waals surface area contributed by atoms with Crippen LogP contribution in [0.1, 0.15) is 78.6 Å². The van der Waals surface area contributed by atoms with Crippen LogP contribution in [0.5, 0.6) is 0 Å². The first-order valence-electron chi connectivity index (χ1n) is 13.5. The molecule has 35 heavy (non-hydrogen) atoms. The minimum atomic E-state index is -3.36. The lowest BCUT2D eigenvalue weighted by Crippen LogP contribution is -2.50. The fraction of sp³-hybridized carbons (Fsp3) is 0.741. The highest BCUT2D eigenvalue weighted by atomic mass is 32.2. The summed E-state index contributed by atoms with van der Waals surface area (Å²) in [6.07, 6.45) is 9.69. The Hall–Kier alpha value is -1.64. The zero-order chi connectivity index (χ0) is 25.1. The predicted octanol–water partition coefficient (Wildman–Crippen LogP) is 4.36. The van der Waals surface area contributed by atoms with Crippen LogP contribution in [-0.2, 0) is 14.8 Å². The molecule has 2 N–H and O–H groups in total. The highest BCUT2D eigenvalue weighted by molar-refractivity contribution is 7.90. The molecule has 3 aliphatic rings. The minimum absolute atomic E-state index is 0.0379. The van der Waals surface area contributed by atoms with E-state index in [0.29, 0.717) is 25.7 Å². The monoisotopic (exact) mass is 504 g/mol. The fourth-order valence-corrected chi connectivity index (χ4v) is 6.69. The minimum Gasteiger partial charge on any atom is -0.369 e. The summed E-state index contributed by atoms with van der Waals surface area (Å²) in [5, 5.41) is 3.07. The van der Waals surface area contributed by atoms with Crippen molar-refractivity contribution in [2.75, 3.05) is 36.4 Å². The molecule has 0 aromatic heterocycles. The summed E-state index contributed by atoms with van der Waals surface area (Å²) in [5.74, 6) is -0.0334. The summed E-state index contributed by atoms with van der Waals surface area (Å²) in [7, 11) is -3.36. The number of rotatable bonds is 6. The van der Waals surface area contributed by atoms with Crippen molar-refractivity contribution in [2.45, 2.75) is 95.4 Å². The molecule has 2 aliphatic carbocycles. The Kier molecular flexibility index (Phi) is 8.44. The molecule has 1 amide bonds. The van der Waals surface area contributed by atoms with Gasteiger partial charge in [-0.15, -0.1) is 0 Å². The van der Waals surface area contributed by atoms with Crippen molar-refractivity contribution in [1.29, 1.82) is 0 Å². The average molecular weight is 505 g/mol. The van der Waals surface area contributed by atoms with E-state index >= 15 is 0 Å². The van der Waals surface area contributed by atoms with E-state index in [9.17, 15) is 13.2 Å². The first-order valence-corrected chi connectivity index (χ1v) is 15.0. The molecule has 0 atom stereocenters. The summed E-state index contributed by atoms with van der Waals surface area (Å²) in [6.45, 7) is 9.51. The van der Waals surface area contributed by atoms with Crippen LogP contribution in [0.4, 0.5) is 11.4 Å². The third-order valence-corrected chi connectivity index (χ3v) is 10.4. The number of nitrogens with zero attached hydrogens (tertiary/aromatic N) is 2. The first kappa shape index (κ1) is 26.4. The summed E-state index contributed by atoms with van der Waals surface area (Å²) >= 11 is 0. The molecule has 3 fully saturated rings. The second-order valence-corrected chi connectivity index (χ2v) is 14.1. The summed E-state index contributed by atoms with van der Waals surface area (Å²) < 4.78 is 26.8. The van der Waals surface area contributed by atoms with Gasteiger partial charge in [-0.3, -0.25) is 9.69 Å². The summed E-state index contributed by atoms with van der Waals surface area (Å²) in [4.78, 5) is 18.0. The van der Waals surface area contributed by atoms with Crippen LogP contribution in [0.3, 0.4) is 0 Å². The van der Waals surface area contributed by atoms with Crippen molar-refractivity contribution in [3.63, 3.8) is 0 Å². The van der Waals surface area contributed by atoms with Gasteiger partial charge in [0.15, 0.2) is 0 Å². The van der Waals surface area contributed by atoms with Gasteiger partial charge in [-0.25, -0.2) is 13.1 Å². The Balaban J connectivity index is 1.22. The van der Waals surface area contributed by atoms with Crippen molar-refractivity contribution in [3.8, 4) is 0 Å². The molecule has 1 saturated heterocycles. The molecule has 1 heterocycles. The van der Waals surface area contributed by atoms with Gasteiger partial charge in [0.1, 0.15) is 0 Å². The Morgan fingerprint density at radius 3 is 2.03 bits per heavy atom. The Morgan fingerprint density at radius 2 is 1.46 bits per heavy atom. The summed E-state index contributed by atoms with van der Waals surface area (Å²) in [6, 6.07) is 8.94. The number of carbonyl (C=O) groups is 1. The lowest BCUT2D eigenvalue weighted by atomic mass is 9.86. The van der Waals surface area contributed by atoms with Crippen LogP contribution in [0.2, 0.25) is 0 Å². The molecular formula is C27H44N4O3S. The molecule has 7 nitrogen and oxygen atoms in total. The number of nitrogens with one attached hydrogen (secondary N) is 2. The molecule has 0 spiro atoms. The third kappa shape index (κ3) is 6.77. The largest absolute Gasteiger partial charge is 0.369 e. The van der Waals surface area contributed by atoms with Crippen LogP contribution in [-0.4, -0.2) is 62.2 Å². The van der Waals surface area contributed by atoms with Gasteiger partial charge in [0.05, 0.1) is 4.75 Å². The van der Waals surface area contributed by atoms with E-state index in [1.165, 1.54) is 37.8 Å². The fourth-order valence-electron chi connectivity index (χ4n) is 5.66.